The average molecular weight is 268 g/mol. The van der Waals surface area contributed by atoms with E-state index in [1.54, 1.807) is 11.3 Å². The highest BCUT2D eigenvalue weighted by Crippen LogP contribution is 2.22. The minimum Gasteiger partial charge on any atom is -0.399 e. The molecule has 0 aliphatic carbocycles. The van der Waals surface area contributed by atoms with Crippen LogP contribution in [0.15, 0.2) is 40.2 Å². The van der Waals surface area contributed by atoms with E-state index in [2.05, 4.69) is 39.5 Å². The maximum Gasteiger partial charge on any atom is 0.0314 e. The first-order chi connectivity index (χ1) is 6.74. The van der Waals surface area contributed by atoms with Crippen LogP contribution in [-0.4, -0.2) is 0 Å². The van der Waals surface area contributed by atoms with E-state index >= 15 is 0 Å². The first kappa shape index (κ1) is 9.74. The lowest BCUT2D eigenvalue weighted by Crippen LogP contribution is -1.87. The van der Waals surface area contributed by atoms with Crippen LogP contribution in [0.2, 0.25) is 0 Å². The van der Waals surface area contributed by atoms with Gasteiger partial charge in [-0.05, 0) is 39.7 Å². The summed E-state index contributed by atoms with van der Waals surface area (Å²) in [6.45, 7) is 0. The zero-order chi connectivity index (χ0) is 9.97. The molecule has 0 fully saturated rings. The van der Waals surface area contributed by atoms with Crippen LogP contribution >= 0.6 is 27.3 Å². The summed E-state index contributed by atoms with van der Waals surface area (Å²) in [6, 6.07) is 10.2. The summed E-state index contributed by atoms with van der Waals surface area (Å²) in [4.78, 5) is 1.36. The van der Waals surface area contributed by atoms with Crippen molar-refractivity contribution < 1.29 is 0 Å². The Morgan fingerprint density at radius 2 is 1.93 bits per heavy atom. The Morgan fingerprint density at radius 3 is 2.50 bits per heavy atom. The molecule has 14 heavy (non-hydrogen) atoms. The molecule has 1 nitrogen and oxygen atoms in total. The molecule has 2 rings (SSSR count). The molecular weight excluding hydrogens is 258 g/mol. The number of anilines is 1. The van der Waals surface area contributed by atoms with Gasteiger partial charge in [-0.1, -0.05) is 12.1 Å². The van der Waals surface area contributed by atoms with E-state index in [0.717, 1.165) is 16.6 Å². The molecule has 0 aliphatic rings. The van der Waals surface area contributed by atoms with Crippen LogP contribution in [0, 0.1) is 0 Å². The van der Waals surface area contributed by atoms with Gasteiger partial charge in [-0.15, -0.1) is 11.3 Å². The number of thiophene rings is 1. The van der Waals surface area contributed by atoms with Crippen molar-refractivity contribution in [1.29, 1.82) is 0 Å². The minimum absolute atomic E-state index is 0.820. The van der Waals surface area contributed by atoms with E-state index in [0.29, 0.717) is 0 Å². The Balaban J connectivity index is 2.15. The van der Waals surface area contributed by atoms with Crippen LogP contribution < -0.4 is 5.73 Å². The number of halogens is 1. The number of hydrogen-bond donors (Lipinski definition) is 1. The van der Waals surface area contributed by atoms with Gasteiger partial charge in [-0.3, -0.25) is 0 Å². The lowest BCUT2D eigenvalue weighted by Gasteiger charge is -1.98. The largest absolute Gasteiger partial charge is 0.399 e. The number of nitrogens with two attached hydrogens (primary N) is 1. The summed E-state index contributed by atoms with van der Waals surface area (Å²) >= 11 is 5.22. The van der Waals surface area contributed by atoms with Crippen LogP contribution in [-0.2, 0) is 6.42 Å². The highest BCUT2D eigenvalue weighted by atomic mass is 79.9. The standard InChI is InChI=1S/C11H10BrNS/c12-9-6-11(14-7-9)5-8-1-3-10(13)4-2-8/h1-4,6-7H,5,13H2. The van der Waals surface area contributed by atoms with Gasteiger partial charge in [0.1, 0.15) is 0 Å². The van der Waals surface area contributed by atoms with Gasteiger partial charge in [-0.25, -0.2) is 0 Å². The second-order valence-corrected chi connectivity index (χ2v) is 5.06. The summed E-state index contributed by atoms with van der Waals surface area (Å²) in [5, 5.41) is 2.10. The summed E-state index contributed by atoms with van der Waals surface area (Å²) in [7, 11) is 0. The molecule has 0 saturated carbocycles. The predicted molar refractivity (Wildman–Crippen MR) is 65.7 cm³/mol. The van der Waals surface area contributed by atoms with Crippen LogP contribution in [0.1, 0.15) is 10.4 Å². The number of rotatable bonds is 2. The van der Waals surface area contributed by atoms with Gasteiger partial charge in [0.05, 0.1) is 0 Å². The fourth-order valence-corrected chi connectivity index (χ4v) is 2.77. The fraction of sp³-hybridized carbons (Fsp3) is 0.0909. The normalized spacial score (nSPS) is 10.4. The molecule has 0 unspecified atom stereocenters. The van der Waals surface area contributed by atoms with Gasteiger partial charge >= 0.3 is 0 Å². The van der Waals surface area contributed by atoms with Crippen molar-refractivity contribution in [3.8, 4) is 0 Å². The molecule has 0 spiro atoms. The van der Waals surface area contributed by atoms with Crippen molar-refractivity contribution in [1.82, 2.24) is 0 Å². The summed E-state index contributed by atoms with van der Waals surface area (Å²) in [5.74, 6) is 0. The first-order valence-electron chi connectivity index (χ1n) is 4.31. The lowest BCUT2D eigenvalue weighted by molar-refractivity contribution is 1.24. The summed E-state index contributed by atoms with van der Waals surface area (Å²) < 4.78 is 1.16. The molecule has 0 atom stereocenters. The van der Waals surface area contributed by atoms with E-state index < -0.39 is 0 Å². The fourth-order valence-electron chi connectivity index (χ4n) is 1.28. The van der Waals surface area contributed by atoms with Crippen molar-refractivity contribution >= 4 is 33.0 Å². The van der Waals surface area contributed by atoms with Crippen LogP contribution in [0.25, 0.3) is 0 Å². The number of hydrogen-bond acceptors (Lipinski definition) is 2. The Morgan fingerprint density at radius 1 is 1.21 bits per heavy atom. The smallest absolute Gasteiger partial charge is 0.0314 e. The maximum atomic E-state index is 5.62. The van der Waals surface area contributed by atoms with Crippen molar-refractivity contribution in [2.45, 2.75) is 6.42 Å². The third-order valence-electron chi connectivity index (χ3n) is 1.98. The van der Waals surface area contributed by atoms with Crippen molar-refractivity contribution in [3.05, 3.63) is 50.6 Å². The highest BCUT2D eigenvalue weighted by molar-refractivity contribution is 9.10. The molecule has 1 heterocycles. The molecule has 2 aromatic rings. The Bertz CT molecular complexity index is 419. The molecule has 1 aromatic carbocycles. The Kier molecular flexibility index (Phi) is 2.89. The molecule has 0 radical (unpaired) electrons. The predicted octanol–water partition coefficient (Wildman–Crippen LogP) is 3.68. The molecule has 0 saturated heterocycles. The van der Waals surface area contributed by atoms with Crippen LogP contribution in [0.5, 0.6) is 0 Å². The third kappa shape index (κ3) is 2.36. The second-order valence-electron chi connectivity index (χ2n) is 3.15. The zero-order valence-corrected chi connectivity index (χ0v) is 9.94. The van der Waals surface area contributed by atoms with E-state index in [4.69, 9.17) is 5.73 Å². The molecule has 2 N–H and O–H groups in total. The van der Waals surface area contributed by atoms with E-state index in [1.165, 1.54) is 10.4 Å². The van der Waals surface area contributed by atoms with Crippen LogP contribution in [0.4, 0.5) is 5.69 Å². The van der Waals surface area contributed by atoms with Crippen molar-refractivity contribution in [2.75, 3.05) is 5.73 Å². The summed E-state index contributed by atoms with van der Waals surface area (Å²) in [6.07, 6.45) is 0.983. The second kappa shape index (κ2) is 4.15. The molecule has 72 valence electrons. The monoisotopic (exact) mass is 267 g/mol. The average Bonchev–Trinajstić information content (AvgIpc) is 2.56. The van der Waals surface area contributed by atoms with E-state index in [9.17, 15) is 0 Å². The quantitative estimate of drug-likeness (QED) is 0.826. The van der Waals surface area contributed by atoms with Gasteiger partial charge in [0.2, 0.25) is 0 Å². The van der Waals surface area contributed by atoms with Crippen molar-refractivity contribution in [3.63, 3.8) is 0 Å². The van der Waals surface area contributed by atoms with Gasteiger partial charge < -0.3 is 5.73 Å². The minimum atomic E-state index is 0.820. The van der Waals surface area contributed by atoms with E-state index in [-0.39, 0.29) is 0 Å². The Labute approximate surface area is 95.7 Å². The van der Waals surface area contributed by atoms with Crippen molar-refractivity contribution in [2.24, 2.45) is 0 Å². The Hall–Kier alpha value is -0.800. The molecular formula is C11H10BrNS. The molecule has 3 heteroatoms. The number of nitrogen functional groups attached to an aromatic ring is 1. The maximum absolute atomic E-state index is 5.62. The van der Waals surface area contributed by atoms with Gasteiger partial charge in [0.15, 0.2) is 0 Å². The zero-order valence-electron chi connectivity index (χ0n) is 7.53. The summed E-state index contributed by atoms with van der Waals surface area (Å²) in [5.41, 5.74) is 7.74. The van der Waals surface area contributed by atoms with Gasteiger partial charge in [-0.2, -0.15) is 0 Å². The van der Waals surface area contributed by atoms with Gasteiger partial charge in [0, 0.05) is 26.8 Å². The van der Waals surface area contributed by atoms with Gasteiger partial charge in [0.25, 0.3) is 0 Å². The number of benzene rings is 1. The SMILES string of the molecule is Nc1ccc(Cc2cc(Br)cs2)cc1. The lowest BCUT2D eigenvalue weighted by atomic mass is 10.1. The molecule has 1 aromatic heterocycles. The molecule has 0 bridgehead atoms. The topological polar surface area (TPSA) is 26.0 Å². The molecule has 0 amide bonds. The van der Waals surface area contributed by atoms with Crippen LogP contribution in [0.3, 0.4) is 0 Å². The first-order valence-corrected chi connectivity index (χ1v) is 5.98. The highest BCUT2D eigenvalue weighted by Gasteiger charge is 1.99. The van der Waals surface area contributed by atoms with E-state index in [1.807, 2.05) is 12.1 Å². The molecule has 0 aliphatic heterocycles. The third-order valence-corrected chi connectivity index (χ3v) is 3.68.